The summed E-state index contributed by atoms with van der Waals surface area (Å²) in [6.45, 7) is 0.474. The van der Waals surface area contributed by atoms with E-state index in [-0.39, 0.29) is 11.8 Å². The van der Waals surface area contributed by atoms with Crippen LogP contribution in [-0.2, 0) is 11.2 Å². The molecule has 0 saturated heterocycles. The van der Waals surface area contributed by atoms with Crippen LogP contribution in [0, 0.1) is 0 Å². The molecule has 0 radical (unpaired) electrons. The number of amides is 2. The second-order valence-electron chi connectivity index (χ2n) is 7.56. The maximum absolute atomic E-state index is 13.4. The van der Waals surface area contributed by atoms with Crippen LogP contribution in [0.1, 0.15) is 39.1 Å². The van der Waals surface area contributed by atoms with Crippen molar-refractivity contribution in [2.75, 3.05) is 20.7 Å². The number of hydrogen-bond donors (Lipinski definition) is 1. The summed E-state index contributed by atoms with van der Waals surface area (Å²) in [6, 6.07) is 20.2. The third kappa shape index (κ3) is 4.14. The number of methoxy groups -OCH3 is 1. The Kier molecular flexibility index (Phi) is 5.98. The Balaban J connectivity index is 1.64. The topological polar surface area (TPSA) is 71.5 Å². The van der Waals surface area contributed by atoms with Crippen LogP contribution in [0.3, 0.4) is 0 Å². The van der Waals surface area contributed by atoms with E-state index in [4.69, 9.17) is 4.74 Å². The van der Waals surface area contributed by atoms with E-state index >= 15 is 0 Å². The molecular formula is C25H25N3O3. The van der Waals surface area contributed by atoms with E-state index < -0.39 is 12.0 Å². The average Bonchev–Trinajstić information content (AvgIpc) is 2.82. The lowest BCUT2D eigenvalue weighted by Gasteiger charge is -2.39. The van der Waals surface area contributed by atoms with Crippen molar-refractivity contribution in [3.63, 3.8) is 0 Å². The molecule has 158 valence electrons. The average molecular weight is 415 g/mol. The molecule has 0 spiro atoms. The van der Waals surface area contributed by atoms with Gasteiger partial charge in [0.15, 0.2) is 0 Å². The lowest BCUT2D eigenvalue weighted by atomic mass is 9.79. The van der Waals surface area contributed by atoms with Gasteiger partial charge in [-0.2, -0.15) is 0 Å². The summed E-state index contributed by atoms with van der Waals surface area (Å²) in [5.74, 6) is 0.0128. The highest BCUT2D eigenvalue weighted by molar-refractivity contribution is 6.01. The molecule has 3 aromatic rings. The van der Waals surface area contributed by atoms with Crippen LogP contribution in [0.5, 0.6) is 5.75 Å². The van der Waals surface area contributed by atoms with Gasteiger partial charge >= 0.3 is 0 Å². The number of ether oxygens (including phenoxy) is 1. The molecule has 1 N–H and O–H groups in total. The van der Waals surface area contributed by atoms with E-state index in [1.165, 1.54) is 0 Å². The van der Waals surface area contributed by atoms with Crippen molar-refractivity contribution < 1.29 is 14.3 Å². The van der Waals surface area contributed by atoms with Crippen LogP contribution < -0.4 is 10.1 Å². The molecule has 31 heavy (non-hydrogen) atoms. The van der Waals surface area contributed by atoms with Crippen molar-refractivity contribution in [3.05, 3.63) is 95.3 Å². The van der Waals surface area contributed by atoms with Crippen LogP contribution >= 0.6 is 0 Å². The third-order valence-corrected chi connectivity index (χ3v) is 5.73. The molecule has 0 bridgehead atoms. The number of carbonyl (C=O) groups excluding carboxylic acids is 2. The smallest absolute Gasteiger partial charge is 0.254 e. The molecule has 0 saturated carbocycles. The van der Waals surface area contributed by atoms with Crippen LogP contribution in [0.4, 0.5) is 0 Å². The highest BCUT2D eigenvalue weighted by Crippen LogP contribution is 2.42. The second-order valence-corrected chi connectivity index (χ2v) is 7.56. The number of benzene rings is 2. The van der Waals surface area contributed by atoms with Crippen molar-refractivity contribution in [2.24, 2.45) is 0 Å². The monoisotopic (exact) mass is 415 g/mol. The number of nitrogens with zero attached hydrogens (tertiary/aromatic N) is 2. The van der Waals surface area contributed by atoms with Gasteiger partial charge in [-0.3, -0.25) is 14.6 Å². The Hall–Kier alpha value is -3.67. The minimum Gasteiger partial charge on any atom is -0.497 e. The summed E-state index contributed by atoms with van der Waals surface area (Å²) in [4.78, 5) is 32.4. The Morgan fingerprint density at radius 2 is 1.81 bits per heavy atom. The van der Waals surface area contributed by atoms with Crippen LogP contribution in [0.2, 0.25) is 0 Å². The number of aromatic nitrogens is 1. The number of rotatable bonds is 6. The first kappa shape index (κ1) is 20.6. The van der Waals surface area contributed by atoms with E-state index in [1.54, 1.807) is 31.3 Å². The zero-order valence-corrected chi connectivity index (χ0v) is 17.6. The van der Waals surface area contributed by atoms with E-state index in [9.17, 15) is 9.59 Å². The normalized spacial score (nSPS) is 17.7. The molecule has 1 aliphatic rings. The number of nitrogens with one attached hydrogen (secondary N) is 1. The minimum absolute atomic E-state index is 0.0889. The maximum atomic E-state index is 13.4. The van der Waals surface area contributed by atoms with E-state index in [1.807, 2.05) is 60.7 Å². The molecule has 6 nitrogen and oxygen atoms in total. The van der Waals surface area contributed by atoms with Gasteiger partial charge in [-0.15, -0.1) is 0 Å². The molecule has 2 heterocycles. The molecule has 1 aliphatic heterocycles. The van der Waals surface area contributed by atoms with E-state index in [0.29, 0.717) is 18.5 Å². The van der Waals surface area contributed by atoms with Gasteiger partial charge in [0.25, 0.3) is 5.91 Å². The Labute approximate surface area is 181 Å². The van der Waals surface area contributed by atoms with Gasteiger partial charge < -0.3 is 15.0 Å². The number of pyridine rings is 1. The highest BCUT2D eigenvalue weighted by atomic mass is 16.5. The molecule has 2 amide bonds. The summed E-state index contributed by atoms with van der Waals surface area (Å²) >= 11 is 0. The van der Waals surface area contributed by atoms with Crippen LogP contribution in [-0.4, -0.2) is 42.4 Å². The van der Waals surface area contributed by atoms with Crippen molar-refractivity contribution in [2.45, 2.75) is 18.4 Å². The first-order chi connectivity index (χ1) is 15.1. The standard InChI is InChI=1S/C25H25N3O3/c1-28-23(17-10-12-19(31-2)13-11-17)22(20-8-3-4-9-21(20)25(28)30)24(29)27-16-14-18-7-5-6-15-26-18/h3-13,15,22-23H,14,16H2,1-2H3,(H,27,29)/t22-,23-/m0/s1. The first-order valence-corrected chi connectivity index (χ1v) is 10.3. The molecule has 6 heteroatoms. The molecule has 0 aliphatic carbocycles. The van der Waals surface area contributed by atoms with Crippen LogP contribution in [0.15, 0.2) is 72.9 Å². The van der Waals surface area contributed by atoms with Crippen LogP contribution in [0.25, 0.3) is 0 Å². The summed E-state index contributed by atoms with van der Waals surface area (Å²) in [6.07, 6.45) is 2.39. The number of fused-ring (bicyclic) bond motifs is 1. The van der Waals surface area contributed by atoms with Gasteiger partial charge in [0.05, 0.1) is 19.1 Å². The van der Waals surface area contributed by atoms with Gasteiger partial charge in [-0.05, 0) is 41.5 Å². The molecule has 0 fully saturated rings. The summed E-state index contributed by atoms with van der Waals surface area (Å²) in [5.41, 5.74) is 3.13. The SMILES string of the molecule is COc1ccc([C@H]2[C@@H](C(=O)NCCc3ccccn3)c3ccccc3C(=O)N2C)cc1. The summed E-state index contributed by atoms with van der Waals surface area (Å²) in [7, 11) is 3.36. The Morgan fingerprint density at radius 1 is 1.06 bits per heavy atom. The van der Waals surface area contributed by atoms with E-state index in [0.717, 1.165) is 22.6 Å². The number of likely N-dealkylation sites (N-methyl/N-ethyl adjacent to an activating group) is 1. The highest BCUT2D eigenvalue weighted by Gasteiger charge is 2.42. The minimum atomic E-state index is -0.518. The van der Waals surface area contributed by atoms with Crippen molar-refractivity contribution >= 4 is 11.8 Å². The van der Waals surface area contributed by atoms with Crippen molar-refractivity contribution in [3.8, 4) is 5.75 Å². The second kappa shape index (κ2) is 9.00. The number of carbonyl (C=O) groups is 2. The molecule has 2 atom stereocenters. The molecule has 0 unspecified atom stereocenters. The van der Waals surface area contributed by atoms with Gasteiger partial charge in [-0.25, -0.2) is 0 Å². The van der Waals surface area contributed by atoms with E-state index in [2.05, 4.69) is 10.3 Å². The lowest BCUT2D eigenvalue weighted by molar-refractivity contribution is -0.124. The largest absolute Gasteiger partial charge is 0.497 e. The lowest BCUT2D eigenvalue weighted by Crippen LogP contribution is -2.46. The van der Waals surface area contributed by atoms with Gasteiger partial charge in [-0.1, -0.05) is 36.4 Å². The molecule has 1 aromatic heterocycles. The zero-order valence-electron chi connectivity index (χ0n) is 17.6. The molecule has 2 aromatic carbocycles. The van der Waals surface area contributed by atoms with Gasteiger partial charge in [0.1, 0.15) is 5.75 Å². The van der Waals surface area contributed by atoms with Gasteiger partial charge in [0.2, 0.25) is 5.91 Å². The fraction of sp³-hybridized carbons (Fsp3) is 0.240. The molecular weight excluding hydrogens is 390 g/mol. The van der Waals surface area contributed by atoms with Crippen molar-refractivity contribution in [1.29, 1.82) is 0 Å². The zero-order chi connectivity index (χ0) is 21.8. The third-order valence-electron chi connectivity index (χ3n) is 5.73. The predicted molar refractivity (Wildman–Crippen MR) is 118 cm³/mol. The summed E-state index contributed by atoms with van der Waals surface area (Å²) < 4.78 is 5.26. The predicted octanol–water partition coefficient (Wildman–Crippen LogP) is 3.36. The maximum Gasteiger partial charge on any atom is 0.254 e. The Bertz CT molecular complexity index is 1070. The first-order valence-electron chi connectivity index (χ1n) is 10.3. The molecule has 4 rings (SSSR count). The fourth-order valence-electron chi connectivity index (χ4n) is 4.14. The fourth-order valence-corrected chi connectivity index (χ4v) is 4.14. The summed E-state index contributed by atoms with van der Waals surface area (Å²) in [5, 5.41) is 3.06. The number of hydrogen-bond acceptors (Lipinski definition) is 4. The Morgan fingerprint density at radius 3 is 2.52 bits per heavy atom. The van der Waals surface area contributed by atoms with Crippen molar-refractivity contribution in [1.82, 2.24) is 15.2 Å². The quantitative estimate of drug-likeness (QED) is 0.670. The van der Waals surface area contributed by atoms with Gasteiger partial charge in [0, 0.05) is 37.5 Å².